The van der Waals surface area contributed by atoms with Crippen LogP contribution in [0.25, 0.3) is 0 Å². The maximum absolute atomic E-state index is 5.85. The van der Waals surface area contributed by atoms with Gasteiger partial charge in [0.15, 0.2) is 0 Å². The zero-order valence-corrected chi connectivity index (χ0v) is 9.68. The molecule has 0 aliphatic rings. The second-order valence-electron chi connectivity index (χ2n) is 2.21. The first-order valence-electron chi connectivity index (χ1n) is 3.90. The van der Waals surface area contributed by atoms with E-state index < -0.39 is 0 Å². The van der Waals surface area contributed by atoms with Crippen LogP contribution in [-0.4, -0.2) is 4.93 Å². The van der Waals surface area contributed by atoms with Gasteiger partial charge in [-0.3, -0.25) is 0 Å². The van der Waals surface area contributed by atoms with E-state index in [1.165, 1.54) is 3.58 Å². The quantitative estimate of drug-likeness (QED) is 0.404. The Balaban J connectivity index is 4.22. The summed E-state index contributed by atoms with van der Waals surface area (Å²) in [7, 11) is 0. The molecule has 11 heavy (non-hydrogen) atoms. The van der Waals surface area contributed by atoms with Gasteiger partial charge in [-0.15, -0.1) is 0 Å². The molecule has 66 valence electrons. The number of nitrogens with two attached hydrogens (primary N) is 1. The Morgan fingerprint density at radius 2 is 2.09 bits per heavy atom. The van der Waals surface area contributed by atoms with Crippen LogP contribution in [0.2, 0.25) is 0 Å². The van der Waals surface area contributed by atoms with Gasteiger partial charge >= 0.3 is 80.0 Å². The Bertz CT molecular complexity index is 153. The van der Waals surface area contributed by atoms with E-state index in [0.29, 0.717) is 0 Å². The molecule has 0 unspecified atom stereocenters. The predicted molar refractivity (Wildman–Crippen MR) is 46.9 cm³/mol. The number of hydrogen-bond acceptors (Lipinski definition) is 1. The van der Waals surface area contributed by atoms with E-state index >= 15 is 0 Å². The van der Waals surface area contributed by atoms with Crippen LogP contribution in [0.4, 0.5) is 0 Å². The first-order valence-corrected chi connectivity index (χ1v) is 7.14. The predicted octanol–water partition coefficient (Wildman–Crippen LogP) is -0.748. The summed E-state index contributed by atoms with van der Waals surface area (Å²) in [6, 6.07) is 0. The van der Waals surface area contributed by atoms with E-state index in [2.05, 4.69) is 24.9 Å². The summed E-state index contributed by atoms with van der Waals surface area (Å²) in [4.78, 5) is 2.25. The van der Waals surface area contributed by atoms with E-state index in [-0.39, 0.29) is 21.2 Å². The molecule has 0 aliphatic carbocycles. The van der Waals surface area contributed by atoms with Crippen LogP contribution in [0, 0.1) is 0 Å². The summed E-state index contributed by atoms with van der Waals surface area (Å²) < 4.78 is 1.47. The van der Waals surface area contributed by atoms with Gasteiger partial charge in [0, 0.05) is 0 Å². The summed E-state index contributed by atoms with van der Waals surface area (Å²) in [6.07, 6.45) is 6.34. The zero-order valence-electron chi connectivity index (χ0n) is 7.52. The molecule has 0 amide bonds. The normalized spacial score (nSPS) is 14.1. The summed E-state index contributed by atoms with van der Waals surface area (Å²) in [5.74, 6) is 0. The summed E-state index contributed by atoms with van der Waals surface area (Å²) in [5.41, 5.74) is 6.85. The molecule has 0 saturated carbocycles. The molecule has 2 heteroatoms. The topological polar surface area (TPSA) is 26.0 Å². The van der Waals surface area contributed by atoms with Crippen LogP contribution in [0.5, 0.6) is 0 Å². The van der Waals surface area contributed by atoms with Crippen molar-refractivity contribution in [2.24, 2.45) is 5.73 Å². The minimum atomic E-state index is 0.187. The number of halogens is 1. The standard InChI is InChI=1S/C9H17IN/c1-4-6-7-9(11)8(5-2)10-3/h6-7H,4-5,11H2,1-3H3/q-1/b7-6-,9-8-. The Morgan fingerprint density at radius 3 is 2.45 bits per heavy atom. The van der Waals surface area contributed by atoms with E-state index in [0.717, 1.165) is 18.5 Å². The molecule has 0 aromatic heterocycles. The van der Waals surface area contributed by atoms with Crippen LogP contribution in [0.15, 0.2) is 21.4 Å². The molecule has 2 N–H and O–H groups in total. The number of rotatable bonds is 4. The third-order valence-electron chi connectivity index (χ3n) is 1.38. The monoisotopic (exact) mass is 266 g/mol. The molecule has 0 bridgehead atoms. The fraction of sp³-hybridized carbons (Fsp3) is 0.556. The van der Waals surface area contributed by atoms with Gasteiger partial charge in [-0.2, -0.15) is 0 Å². The van der Waals surface area contributed by atoms with Crippen molar-refractivity contribution in [3.63, 3.8) is 0 Å². The average Bonchev–Trinajstić information content (AvgIpc) is 2.03. The Hall–Kier alpha value is 0.01000. The van der Waals surface area contributed by atoms with Crippen LogP contribution >= 0.6 is 0 Å². The molecule has 0 heterocycles. The van der Waals surface area contributed by atoms with Crippen molar-refractivity contribution in [3.05, 3.63) is 21.4 Å². The van der Waals surface area contributed by atoms with Crippen molar-refractivity contribution in [2.75, 3.05) is 4.93 Å². The second kappa shape index (κ2) is 6.70. The SMILES string of the molecule is CC/C=C\C(N)=C(/CC)[I-]C. The molecule has 0 saturated heterocycles. The van der Waals surface area contributed by atoms with E-state index in [9.17, 15) is 0 Å². The van der Waals surface area contributed by atoms with Gasteiger partial charge in [0.25, 0.3) is 0 Å². The molecule has 0 aromatic rings. The van der Waals surface area contributed by atoms with Gasteiger partial charge in [0.1, 0.15) is 0 Å². The number of alkyl halides is 1. The zero-order chi connectivity index (χ0) is 8.69. The van der Waals surface area contributed by atoms with Gasteiger partial charge in [0.2, 0.25) is 0 Å². The summed E-state index contributed by atoms with van der Waals surface area (Å²) >= 11 is 0.187. The molecule has 0 spiro atoms. The average molecular weight is 266 g/mol. The van der Waals surface area contributed by atoms with Crippen molar-refractivity contribution in [1.82, 2.24) is 0 Å². The molecule has 0 atom stereocenters. The van der Waals surface area contributed by atoms with E-state index in [1.54, 1.807) is 0 Å². The summed E-state index contributed by atoms with van der Waals surface area (Å²) in [6.45, 7) is 4.29. The minimum absolute atomic E-state index is 0.187. The van der Waals surface area contributed by atoms with Crippen LogP contribution in [-0.2, 0) is 0 Å². The number of hydrogen-bond donors (Lipinski definition) is 1. The van der Waals surface area contributed by atoms with Gasteiger partial charge in [0.05, 0.1) is 0 Å². The van der Waals surface area contributed by atoms with Crippen molar-refractivity contribution in [1.29, 1.82) is 0 Å². The third kappa shape index (κ3) is 4.45. The van der Waals surface area contributed by atoms with Crippen LogP contribution in [0.1, 0.15) is 26.7 Å². The summed E-state index contributed by atoms with van der Waals surface area (Å²) in [5, 5.41) is 0. The molecule has 0 aliphatic heterocycles. The van der Waals surface area contributed by atoms with Gasteiger partial charge in [-0.25, -0.2) is 0 Å². The molecule has 0 aromatic carbocycles. The fourth-order valence-corrected chi connectivity index (χ4v) is 2.35. The number of allylic oxidation sites excluding steroid dienone is 3. The van der Waals surface area contributed by atoms with Gasteiger partial charge in [-0.1, -0.05) is 0 Å². The van der Waals surface area contributed by atoms with Gasteiger partial charge in [-0.05, 0) is 0 Å². The third-order valence-corrected chi connectivity index (χ3v) is 4.07. The second-order valence-corrected chi connectivity index (χ2v) is 4.59. The Morgan fingerprint density at radius 1 is 1.45 bits per heavy atom. The Kier molecular flexibility index (Phi) is 6.71. The first kappa shape index (κ1) is 11.0. The maximum atomic E-state index is 5.85. The van der Waals surface area contributed by atoms with Crippen molar-refractivity contribution in [3.8, 4) is 0 Å². The Labute approximate surface area is 80.0 Å². The molecular weight excluding hydrogens is 249 g/mol. The van der Waals surface area contributed by atoms with Crippen LogP contribution < -0.4 is 26.9 Å². The molecule has 0 radical (unpaired) electrons. The van der Waals surface area contributed by atoms with Crippen LogP contribution in [0.3, 0.4) is 0 Å². The molecular formula is C9H17IN-. The van der Waals surface area contributed by atoms with Gasteiger partial charge < -0.3 is 0 Å². The van der Waals surface area contributed by atoms with E-state index in [1.807, 2.05) is 6.08 Å². The van der Waals surface area contributed by atoms with Crippen molar-refractivity contribution < 1.29 is 21.2 Å². The molecule has 0 fully saturated rings. The molecule has 0 rings (SSSR count). The first-order chi connectivity index (χ1) is 5.26. The van der Waals surface area contributed by atoms with E-state index in [4.69, 9.17) is 5.73 Å². The fourth-order valence-electron chi connectivity index (χ4n) is 0.782. The van der Waals surface area contributed by atoms with Crippen molar-refractivity contribution >= 4 is 0 Å². The molecule has 1 nitrogen and oxygen atoms in total. The van der Waals surface area contributed by atoms with Crippen molar-refractivity contribution in [2.45, 2.75) is 26.7 Å².